The van der Waals surface area contributed by atoms with Gasteiger partial charge in [-0.3, -0.25) is 4.98 Å². The number of hydrogen-bond donors (Lipinski definition) is 1. The normalized spacial score (nSPS) is 12.2. The minimum Gasteiger partial charge on any atom is -0.455 e. The van der Waals surface area contributed by atoms with Crippen molar-refractivity contribution in [2.45, 2.75) is 33.3 Å². The van der Waals surface area contributed by atoms with Crippen LogP contribution in [-0.2, 0) is 0 Å². The Kier molecular flexibility index (Phi) is 4.63. The Morgan fingerprint density at radius 2 is 1.90 bits per heavy atom. The predicted molar refractivity (Wildman–Crippen MR) is 80.5 cm³/mol. The summed E-state index contributed by atoms with van der Waals surface area (Å²) in [6.45, 7) is 5.82. The molecule has 0 aliphatic rings. The summed E-state index contributed by atoms with van der Waals surface area (Å²) in [4.78, 5) is 4.22. The topological polar surface area (TPSA) is 42.4 Å². The molecule has 106 valence electrons. The largest absolute Gasteiger partial charge is 0.455 e. The molecule has 3 nitrogen and oxygen atoms in total. The van der Waals surface area contributed by atoms with Crippen LogP contribution < -0.4 is 4.74 Å². The molecule has 0 saturated heterocycles. The number of ether oxygens (including phenoxy) is 1. The van der Waals surface area contributed by atoms with Gasteiger partial charge in [-0.25, -0.2) is 0 Å². The van der Waals surface area contributed by atoms with Crippen LogP contribution in [0.2, 0.25) is 5.02 Å². The van der Waals surface area contributed by atoms with Gasteiger partial charge in [0, 0.05) is 5.02 Å². The first-order valence-corrected chi connectivity index (χ1v) is 6.97. The van der Waals surface area contributed by atoms with E-state index in [-0.39, 0.29) is 0 Å². The second-order valence-corrected chi connectivity index (χ2v) is 5.25. The molecular weight excluding hydrogens is 274 g/mol. The highest BCUT2D eigenvalue weighted by molar-refractivity contribution is 6.30. The second kappa shape index (κ2) is 6.25. The molecule has 2 rings (SSSR count). The van der Waals surface area contributed by atoms with Crippen LogP contribution in [0.5, 0.6) is 11.5 Å². The van der Waals surface area contributed by atoms with E-state index in [4.69, 9.17) is 16.3 Å². The molecule has 1 aromatic carbocycles. The number of aryl methyl sites for hydroxylation is 2. The lowest BCUT2D eigenvalue weighted by Gasteiger charge is -2.13. The number of pyridine rings is 1. The van der Waals surface area contributed by atoms with Gasteiger partial charge in [-0.2, -0.15) is 0 Å². The lowest BCUT2D eigenvalue weighted by atomic mass is 10.1. The molecule has 1 N–H and O–H groups in total. The maximum atomic E-state index is 9.71. The molecule has 0 saturated carbocycles. The SMILES string of the molecule is CC[C@H](O)c1ccc(Oc2c(C)cc(Cl)cc2C)cn1. The first-order valence-electron chi connectivity index (χ1n) is 6.60. The molecule has 0 unspecified atom stereocenters. The number of rotatable bonds is 4. The van der Waals surface area contributed by atoms with Gasteiger partial charge in [0.15, 0.2) is 0 Å². The van der Waals surface area contributed by atoms with Gasteiger partial charge in [0.25, 0.3) is 0 Å². The van der Waals surface area contributed by atoms with E-state index in [9.17, 15) is 5.11 Å². The van der Waals surface area contributed by atoms with Crippen LogP contribution in [0.15, 0.2) is 30.5 Å². The van der Waals surface area contributed by atoms with E-state index in [1.807, 2.05) is 39.0 Å². The van der Waals surface area contributed by atoms with Crippen molar-refractivity contribution < 1.29 is 9.84 Å². The molecule has 0 spiro atoms. The molecule has 0 amide bonds. The van der Waals surface area contributed by atoms with Crippen LogP contribution in [0.4, 0.5) is 0 Å². The fourth-order valence-electron chi connectivity index (χ4n) is 2.03. The Hall–Kier alpha value is -1.58. The lowest BCUT2D eigenvalue weighted by molar-refractivity contribution is 0.169. The van der Waals surface area contributed by atoms with Crippen LogP contribution in [0, 0.1) is 13.8 Å². The monoisotopic (exact) mass is 291 g/mol. The van der Waals surface area contributed by atoms with E-state index in [2.05, 4.69) is 4.98 Å². The number of aliphatic hydroxyl groups is 1. The maximum absolute atomic E-state index is 9.71. The second-order valence-electron chi connectivity index (χ2n) is 4.81. The molecule has 0 fully saturated rings. The zero-order chi connectivity index (χ0) is 14.7. The van der Waals surface area contributed by atoms with Gasteiger partial charge in [0.1, 0.15) is 11.5 Å². The fourth-order valence-corrected chi connectivity index (χ4v) is 2.36. The quantitative estimate of drug-likeness (QED) is 0.896. The van der Waals surface area contributed by atoms with Gasteiger partial charge >= 0.3 is 0 Å². The van der Waals surface area contributed by atoms with Gasteiger partial charge in [-0.1, -0.05) is 18.5 Å². The third-order valence-electron chi connectivity index (χ3n) is 3.13. The highest BCUT2D eigenvalue weighted by Crippen LogP contribution is 2.31. The van der Waals surface area contributed by atoms with Crippen molar-refractivity contribution in [3.8, 4) is 11.5 Å². The Labute approximate surface area is 124 Å². The van der Waals surface area contributed by atoms with Gasteiger partial charge < -0.3 is 9.84 Å². The summed E-state index contributed by atoms with van der Waals surface area (Å²) >= 11 is 6.00. The summed E-state index contributed by atoms with van der Waals surface area (Å²) in [5.41, 5.74) is 2.62. The molecule has 0 radical (unpaired) electrons. The smallest absolute Gasteiger partial charge is 0.145 e. The molecule has 0 bridgehead atoms. The van der Waals surface area contributed by atoms with E-state index < -0.39 is 6.10 Å². The fraction of sp³-hybridized carbons (Fsp3) is 0.312. The molecule has 1 heterocycles. The van der Waals surface area contributed by atoms with E-state index >= 15 is 0 Å². The Bertz CT molecular complexity index is 573. The standard InChI is InChI=1S/C16H18ClNO2/c1-4-15(19)14-6-5-13(9-18-14)20-16-10(2)7-12(17)8-11(16)3/h5-9,15,19H,4H2,1-3H3/t15-/m0/s1. The van der Waals surface area contributed by atoms with Crippen LogP contribution >= 0.6 is 11.6 Å². The van der Waals surface area contributed by atoms with Gasteiger partial charge in [-0.05, 0) is 55.7 Å². The summed E-state index contributed by atoms with van der Waals surface area (Å²) in [5.74, 6) is 1.44. The van der Waals surface area contributed by atoms with Crippen molar-refractivity contribution in [2.24, 2.45) is 0 Å². The number of aliphatic hydroxyl groups excluding tert-OH is 1. The van der Waals surface area contributed by atoms with Crippen molar-refractivity contribution in [3.63, 3.8) is 0 Å². The van der Waals surface area contributed by atoms with Gasteiger partial charge in [0.05, 0.1) is 18.0 Å². The van der Waals surface area contributed by atoms with Crippen molar-refractivity contribution in [3.05, 3.63) is 52.3 Å². The third-order valence-corrected chi connectivity index (χ3v) is 3.35. The Morgan fingerprint density at radius 3 is 2.40 bits per heavy atom. The average Bonchev–Trinajstić information content (AvgIpc) is 2.42. The first-order chi connectivity index (χ1) is 9.51. The number of halogens is 1. The molecule has 1 aromatic heterocycles. The van der Waals surface area contributed by atoms with Crippen molar-refractivity contribution in [1.82, 2.24) is 4.98 Å². The molecule has 0 aliphatic heterocycles. The van der Waals surface area contributed by atoms with Crippen molar-refractivity contribution in [1.29, 1.82) is 0 Å². The number of benzene rings is 1. The summed E-state index contributed by atoms with van der Waals surface area (Å²) in [6.07, 6.45) is 1.74. The third kappa shape index (κ3) is 3.30. The first kappa shape index (κ1) is 14.8. The van der Waals surface area contributed by atoms with Crippen molar-refractivity contribution >= 4 is 11.6 Å². The maximum Gasteiger partial charge on any atom is 0.145 e. The zero-order valence-corrected chi connectivity index (χ0v) is 12.6. The minimum atomic E-state index is -0.525. The Morgan fingerprint density at radius 1 is 1.25 bits per heavy atom. The number of aromatic nitrogens is 1. The number of hydrogen-bond acceptors (Lipinski definition) is 3. The van der Waals surface area contributed by atoms with E-state index in [1.54, 1.807) is 12.3 Å². The van der Waals surface area contributed by atoms with Crippen molar-refractivity contribution in [2.75, 3.05) is 0 Å². The summed E-state index contributed by atoms with van der Waals surface area (Å²) < 4.78 is 5.86. The molecule has 2 aromatic rings. The average molecular weight is 292 g/mol. The van der Waals surface area contributed by atoms with E-state index in [0.29, 0.717) is 22.9 Å². The molecular formula is C16H18ClNO2. The van der Waals surface area contributed by atoms with Gasteiger partial charge in [-0.15, -0.1) is 0 Å². The molecule has 0 aliphatic carbocycles. The summed E-state index contributed by atoms with van der Waals surface area (Å²) in [6, 6.07) is 7.33. The molecule has 1 atom stereocenters. The Balaban J connectivity index is 2.23. The van der Waals surface area contributed by atoms with E-state index in [1.165, 1.54) is 0 Å². The summed E-state index contributed by atoms with van der Waals surface area (Å²) in [5, 5.41) is 10.4. The molecule has 4 heteroatoms. The zero-order valence-electron chi connectivity index (χ0n) is 11.9. The van der Waals surface area contributed by atoms with Crippen LogP contribution in [0.1, 0.15) is 36.3 Å². The highest BCUT2D eigenvalue weighted by atomic mass is 35.5. The van der Waals surface area contributed by atoms with Crippen LogP contribution in [0.3, 0.4) is 0 Å². The molecule has 20 heavy (non-hydrogen) atoms. The van der Waals surface area contributed by atoms with Crippen LogP contribution in [0.25, 0.3) is 0 Å². The number of nitrogens with zero attached hydrogens (tertiary/aromatic N) is 1. The highest BCUT2D eigenvalue weighted by Gasteiger charge is 2.09. The summed E-state index contributed by atoms with van der Waals surface area (Å²) in [7, 11) is 0. The van der Waals surface area contributed by atoms with Gasteiger partial charge in [0.2, 0.25) is 0 Å². The van der Waals surface area contributed by atoms with Crippen LogP contribution in [-0.4, -0.2) is 10.1 Å². The lowest BCUT2D eigenvalue weighted by Crippen LogP contribution is -1.99. The predicted octanol–water partition coefficient (Wildman–Crippen LogP) is 4.59. The minimum absolute atomic E-state index is 0.525. The van der Waals surface area contributed by atoms with E-state index in [0.717, 1.165) is 16.9 Å².